The Morgan fingerprint density at radius 3 is 2.43 bits per heavy atom. The van der Waals surface area contributed by atoms with Crippen molar-refractivity contribution in [2.75, 3.05) is 6.54 Å². The van der Waals surface area contributed by atoms with Crippen molar-refractivity contribution < 1.29 is 4.79 Å². The van der Waals surface area contributed by atoms with Gasteiger partial charge in [-0.05, 0) is 5.92 Å². The van der Waals surface area contributed by atoms with Crippen LogP contribution in [0.1, 0.15) is 0 Å². The van der Waals surface area contributed by atoms with Crippen LogP contribution in [-0.2, 0) is 4.79 Å². The minimum Gasteiger partial charge on any atom is -0.359 e. The van der Waals surface area contributed by atoms with E-state index < -0.39 is 5.91 Å². The normalized spacial score (nSPS) is 6.43. The molecule has 0 aliphatic rings. The SMILES string of the molecule is NCC#CC(N)=O. The summed E-state index contributed by atoms with van der Waals surface area (Å²) in [6, 6.07) is 0. The van der Waals surface area contributed by atoms with Crippen molar-refractivity contribution in [3.8, 4) is 11.8 Å². The molecule has 3 nitrogen and oxygen atoms in total. The molecule has 1 amide bonds. The molecule has 0 saturated heterocycles. The van der Waals surface area contributed by atoms with Crippen molar-refractivity contribution in [1.82, 2.24) is 0 Å². The standard InChI is InChI=1S/C4H6N2O/c5-3-1-2-4(6)7/h3,5H2,(H2,6,7). The average molecular weight is 98.1 g/mol. The molecule has 4 N–H and O–H groups in total. The molecule has 0 aliphatic carbocycles. The van der Waals surface area contributed by atoms with E-state index >= 15 is 0 Å². The summed E-state index contributed by atoms with van der Waals surface area (Å²) in [7, 11) is 0. The molecule has 0 atom stereocenters. The molecule has 0 aromatic rings. The third kappa shape index (κ3) is 4.99. The second-order valence-electron chi connectivity index (χ2n) is 0.870. The number of hydrogen-bond donors (Lipinski definition) is 2. The van der Waals surface area contributed by atoms with Gasteiger partial charge >= 0.3 is 0 Å². The number of carbonyl (C=O) groups excluding carboxylic acids is 1. The molecular weight excluding hydrogens is 92.1 g/mol. The first-order chi connectivity index (χ1) is 3.27. The Morgan fingerprint density at radius 2 is 2.29 bits per heavy atom. The number of carbonyl (C=O) groups is 1. The van der Waals surface area contributed by atoms with Crippen molar-refractivity contribution in [1.29, 1.82) is 0 Å². The maximum atomic E-state index is 9.75. The van der Waals surface area contributed by atoms with E-state index in [4.69, 9.17) is 5.73 Å². The molecule has 0 radical (unpaired) electrons. The fraction of sp³-hybridized carbons (Fsp3) is 0.250. The first-order valence-electron chi connectivity index (χ1n) is 1.75. The minimum absolute atomic E-state index is 0.183. The van der Waals surface area contributed by atoms with Gasteiger partial charge in [-0.1, -0.05) is 5.92 Å². The summed E-state index contributed by atoms with van der Waals surface area (Å²) in [4.78, 5) is 9.75. The van der Waals surface area contributed by atoms with Crippen molar-refractivity contribution in [3.05, 3.63) is 0 Å². The van der Waals surface area contributed by atoms with Crippen molar-refractivity contribution in [2.45, 2.75) is 0 Å². The summed E-state index contributed by atoms with van der Waals surface area (Å²) in [6.07, 6.45) is 0. The Hall–Kier alpha value is -1.01. The van der Waals surface area contributed by atoms with E-state index in [0.717, 1.165) is 0 Å². The predicted molar refractivity (Wildman–Crippen MR) is 26.0 cm³/mol. The second kappa shape index (κ2) is 3.19. The van der Waals surface area contributed by atoms with Gasteiger partial charge in [0.1, 0.15) is 0 Å². The Kier molecular flexibility index (Phi) is 2.73. The summed E-state index contributed by atoms with van der Waals surface area (Å²) in [5, 5.41) is 0. The van der Waals surface area contributed by atoms with Crippen LogP contribution < -0.4 is 11.5 Å². The lowest BCUT2D eigenvalue weighted by molar-refractivity contribution is -0.112. The van der Waals surface area contributed by atoms with Crippen molar-refractivity contribution >= 4 is 5.91 Å². The lowest BCUT2D eigenvalue weighted by Crippen LogP contribution is -2.07. The Morgan fingerprint density at radius 1 is 1.71 bits per heavy atom. The topological polar surface area (TPSA) is 69.1 Å². The fourth-order valence-corrected chi connectivity index (χ4v) is 0.138. The van der Waals surface area contributed by atoms with Gasteiger partial charge in [-0.25, -0.2) is 0 Å². The Bertz CT molecular complexity index is 119. The smallest absolute Gasteiger partial charge is 0.293 e. The van der Waals surface area contributed by atoms with Gasteiger partial charge in [-0.2, -0.15) is 0 Å². The van der Waals surface area contributed by atoms with Crippen molar-refractivity contribution in [3.63, 3.8) is 0 Å². The highest BCUT2D eigenvalue weighted by molar-refractivity contribution is 5.91. The van der Waals surface area contributed by atoms with Gasteiger partial charge in [0, 0.05) is 0 Å². The highest BCUT2D eigenvalue weighted by Gasteiger charge is 1.74. The van der Waals surface area contributed by atoms with Gasteiger partial charge in [0.15, 0.2) is 0 Å². The molecule has 0 fully saturated rings. The maximum Gasteiger partial charge on any atom is 0.293 e. The third-order valence-electron chi connectivity index (χ3n) is 0.314. The van der Waals surface area contributed by atoms with E-state index in [0.29, 0.717) is 0 Å². The van der Waals surface area contributed by atoms with E-state index in [9.17, 15) is 4.79 Å². The highest BCUT2D eigenvalue weighted by Crippen LogP contribution is 1.47. The first kappa shape index (κ1) is 5.99. The lowest BCUT2D eigenvalue weighted by Gasteiger charge is -1.69. The number of primary amides is 1. The van der Waals surface area contributed by atoms with E-state index in [-0.39, 0.29) is 6.54 Å². The van der Waals surface area contributed by atoms with E-state index in [1.54, 1.807) is 0 Å². The molecule has 0 unspecified atom stereocenters. The van der Waals surface area contributed by atoms with Crippen LogP contribution in [0.5, 0.6) is 0 Å². The van der Waals surface area contributed by atoms with Crippen LogP contribution in [0.4, 0.5) is 0 Å². The fourth-order valence-electron chi connectivity index (χ4n) is 0.138. The molecule has 0 spiro atoms. The molecule has 0 rings (SSSR count). The van der Waals surface area contributed by atoms with E-state index in [1.807, 2.05) is 0 Å². The first-order valence-corrected chi connectivity index (χ1v) is 1.75. The van der Waals surface area contributed by atoms with Crippen LogP contribution in [0, 0.1) is 11.8 Å². The lowest BCUT2D eigenvalue weighted by atomic mass is 10.5. The average Bonchev–Trinajstić information content (AvgIpc) is 1.61. The van der Waals surface area contributed by atoms with Crippen LogP contribution in [0.15, 0.2) is 0 Å². The summed E-state index contributed by atoms with van der Waals surface area (Å²) in [5.74, 6) is 3.73. The zero-order valence-electron chi connectivity index (χ0n) is 3.77. The molecule has 0 heterocycles. The van der Waals surface area contributed by atoms with Gasteiger partial charge in [0.2, 0.25) is 0 Å². The molecule has 7 heavy (non-hydrogen) atoms. The van der Waals surface area contributed by atoms with Crippen LogP contribution in [0.2, 0.25) is 0 Å². The van der Waals surface area contributed by atoms with Gasteiger partial charge in [0.25, 0.3) is 5.91 Å². The summed E-state index contributed by atoms with van der Waals surface area (Å²) in [6.45, 7) is 0.183. The minimum atomic E-state index is -0.634. The quantitative estimate of drug-likeness (QED) is 0.359. The number of nitrogens with two attached hydrogens (primary N) is 2. The predicted octanol–water partition coefficient (Wildman–Crippen LogP) is -1.57. The summed E-state index contributed by atoms with van der Waals surface area (Å²) in [5.41, 5.74) is 9.51. The van der Waals surface area contributed by atoms with Crippen LogP contribution >= 0.6 is 0 Å². The third-order valence-corrected chi connectivity index (χ3v) is 0.314. The number of hydrogen-bond acceptors (Lipinski definition) is 2. The number of rotatable bonds is 0. The maximum absolute atomic E-state index is 9.75. The largest absolute Gasteiger partial charge is 0.359 e. The van der Waals surface area contributed by atoms with Crippen LogP contribution in [-0.4, -0.2) is 12.5 Å². The Balaban J connectivity index is 3.45. The highest BCUT2D eigenvalue weighted by atomic mass is 16.1. The summed E-state index contributed by atoms with van der Waals surface area (Å²) < 4.78 is 0. The van der Waals surface area contributed by atoms with Gasteiger partial charge in [-0.15, -0.1) is 0 Å². The van der Waals surface area contributed by atoms with Crippen LogP contribution in [0.3, 0.4) is 0 Å². The van der Waals surface area contributed by atoms with Gasteiger partial charge in [-0.3, -0.25) is 4.79 Å². The molecule has 0 aromatic carbocycles. The van der Waals surface area contributed by atoms with E-state index in [2.05, 4.69) is 17.6 Å². The van der Waals surface area contributed by atoms with Gasteiger partial charge in [0.05, 0.1) is 6.54 Å². The molecule has 3 heteroatoms. The van der Waals surface area contributed by atoms with E-state index in [1.165, 1.54) is 0 Å². The molecule has 0 bridgehead atoms. The zero-order chi connectivity index (χ0) is 5.70. The zero-order valence-corrected chi connectivity index (χ0v) is 3.77. The van der Waals surface area contributed by atoms with Crippen molar-refractivity contribution in [2.24, 2.45) is 11.5 Å². The molecule has 38 valence electrons. The molecule has 0 saturated carbocycles. The monoisotopic (exact) mass is 98.0 g/mol. The second-order valence-corrected chi connectivity index (χ2v) is 0.870. The molecule has 0 aliphatic heterocycles. The number of amides is 1. The van der Waals surface area contributed by atoms with Gasteiger partial charge < -0.3 is 11.5 Å². The Labute approximate surface area is 41.7 Å². The molecular formula is C4H6N2O. The summed E-state index contributed by atoms with van der Waals surface area (Å²) >= 11 is 0. The van der Waals surface area contributed by atoms with Crippen LogP contribution in [0.25, 0.3) is 0 Å². The molecule has 0 aromatic heterocycles.